The summed E-state index contributed by atoms with van der Waals surface area (Å²) < 4.78 is 42.4. The average molecular weight is 328 g/mol. The van der Waals surface area contributed by atoms with Gasteiger partial charge in [0.05, 0.1) is 16.3 Å². The Morgan fingerprint density at radius 1 is 1.21 bits per heavy atom. The molecule has 0 spiro atoms. The van der Waals surface area contributed by atoms with Crippen molar-refractivity contribution in [2.24, 2.45) is 0 Å². The van der Waals surface area contributed by atoms with E-state index in [0.717, 1.165) is 23.5 Å². The van der Waals surface area contributed by atoms with Crippen molar-refractivity contribution in [2.75, 3.05) is 0 Å². The minimum absolute atomic E-state index is 0.201. The van der Waals surface area contributed by atoms with Crippen LogP contribution < -0.4 is 4.74 Å². The molecular weight excluding hydrogens is 322 g/mol. The molecular formula is C11H6Cl2F3NOS. The highest BCUT2D eigenvalue weighted by Gasteiger charge is 2.30. The van der Waals surface area contributed by atoms with Gasteiger partial charge in [0.2, 0.25) is 0 Å². The van der Waals surface area contributed by atoms with Gasteiger partial charge < -0.3 is 4.74 Å². The summed E-state index contributed by atoms with van der Waals surface area (Å²) in [6.07, 6.45) is -4.37. The maximum Gasteiger partial charge on any atom is 0.416 e. The van der Waals surface area contributed by atoms with E-state index in [4.69, 9.17) is 27.9 Å². The minimum Gasteiger partial charge on any atom is -0.431 e. The van der Waals surface area contributed by atoms with Gasteiger partial charge in [0.15, 0.2) is 0 Å². The second-order valence-corrected chi connectivity index (χ2v) is 5.12. The first-order chi connectivity index (χ1) is 8.90. The molecule has 0 saturated carbocycles. The van der Waals surface area contributed by atoms with Gasteiger partial charge in [-0.15, -0.1) is 11.6 Å². The van der Waals surface area contributed by atoms with E-state index in [9.17, 15) is 13.2 Å². The number of thiazole rings is 1. The molecule has 0 bridgehead atoms. The van der Waals surface area contributed by atoms with Gasteiger partial charge in [0, 0.05) is 0 Å². The van der Waals surface area contributed by atoms with Gasteiger partial charge in [0.1, 0.15) is 10.9 Å². The summed E-state index contributed by atoms with van der Waals surface area (Å²) in [5, 5.41) is 0.474. The molecule has 0 saturated heterocycles. The lowest BCUT2D eigenvalue weighted by Crippen LogP contribution is -2.03. The molecule has 2 nitrogen and oxygen atoms in total. The first-order valence-corrected chi connectivity index (χ1v) is 6.69. The fraction of sp³-hybridized carbons (Fsp3) is 0.182. The van der Waals surface area contributed by atoms with E-state index >= 15 is 0 Å². The Morgan fingerprint density at radius 3 is 2.32 bits per heavy atom. The molecule has 0 radical (unpaired) electrons. The van der Waals surface area contributed by atoms with Crippen molar-refractivity contribution in [1.82, 2.24) is 4.98 Å². The van der Waals surface area contributed by atoms with Crippen LogP contribution in [0.3, 0.4) is 0 Å². The highest BCUT2D eigenvalue weighted by atomic mass is 35.5. The zero-order valence-electron chi connectivity index (χ0n) is 9.17. The van der Waals surface area contributed by atoms with Gasteiger partial charge in [0.25, 0.3) is 5.19 Å². The number of alkyl halides is 4. The number of hydrogen-bond acceptors (Lipinski definition) is 3. The highest BCUT2D eigenvalue weighted by Crippen LogP contribution is 2.34. The Kier molecular flexibility index (Phi) is 4.23. The largest absolute Gasteiger partial charge is 0.431 e. The van der Waals surface area contributed by atoms with E-state index in [2.05, 4.69) is 4.98 Å². The van der Waals surface area contributed by atoms with Crippen molar-refractivity contribution in [1.29, 1.82) is 0 Å². The Labute approximate surface area is 120 Å². The van der Waals surface area contributed by atoms with E-state index in [-0.39, 0.29) is 22.0 Å². The smallest absolute Gasteiger partial charge is 0.416 e. The van der Waals surface area contributed by atoms with Crippen molar-refractivity contribution in [2.45, 2.75) is 12.1 Å². The Balaban J connectivity index is 2.15. The van der Waals surface area contributed by atoms with Crippen LogP contribution in [-0.2, 0) is 12.1 Å². The van der Waals surface area contributed by atoms with Crippen LogP contribution in [0.1, 0.15) is 10.4 Å². The molecule has 8 heteroatoms. The van der Waals surface area contributed by atoms with Crippen LogP contribution in [0.2, 0.25) is 5.15 Å². The van der Waals surface area contributed by atoms with Crippen LogP contribution in [0.4, 0.5) is 13.2 Å². The Morgan fingerprint density at radius 2 is 1.84 bits per heavy atom. The average Bonchev–Trinajstić information content (AvgIpc) is 2.69. The van der Waals surface area contributed by atoms with Crippen LogP contribution in [-0.4, -0.2) is 4.98 Å². The Bertz CT molecular complexity index is 568. The van der Waals surface area contributed by atoms with E-state index in [0.29, 0.717) is 4.88 Å². The van der Waals surface area contributed by atoms with Crippen LogP contribution >= 0.6 is 34.5 Å². The van der Waals surface area contributed by atoms with Crippen molar-refractivity contribution in [3.8, 4) is 10.9 Å². The fourth-order valence-corrected chi connectivity index (χ4v) is 2.59. The number of nitrogens with zero attached hydrogens (tertiary/aromatic N) is 1. The predicted octanol–water partition coefficient (Wildman–Crippen LogP) is 5.35. The summed E-state index contributed by atoms with van der Waals surface area (Å²) >= 11 is 12.6. The highest BCUT2D eigenvalue weighted by molar-refractivity contribution is 7.14. The minimum atomic E-state index is -4.37. The standard InChI is InChI=1S/C11H6Cl2F3NOS/c12-5-8-9(13)17-10(19-8)18-7-3-1-6(2-4-7)11(14,15)16/h1-4H,5H2. The van der Waals surface area contributed by atoms with Crippen molar-refractivity contribution < 1.29 is 17.9 Å². The van der Waals surface area contributed by atoms with Gasteiger partial charge in [-0.3, -0.25) is 0 Å². The fourth-order valence-electron chi connectivity index (χ4n) is 1.25. The molecule has 0 aliphatic carbocycles. The first kappa shape index (κ1) is 14.4. The normalized spacial score (nSPS) is 11.6. The van der Waals surface area contributed by atoms with E-state index in [1.165, 1.54) is 12.1 Å². The summed E-state index contributed by atoms with van der Waals surface area (Å²) in [5.74, 6) is 0.451. The molecule has 0 aliphatic rings. The van der Waals surface area contributed by atoms with Crippen LogP contribution in [0.5, 0.6) is 10.9 Å². The summed E-state index contributed by atoms with van der Waals surface area (Å²) in [6, 6.07) is 4.32. The monoisotopic (exact) mass is 327 g/mol. The quantitative estimate of drug-likeness (QED) is 0.709. The lowest BCUT2D eigenvalue weighted by Gasteiger charge is -2.07. The lowest BCUT2D eigenvalue weighted by molar-refractivity contribution is -0.137. The van der Waals surface area contributed by atoms with E-state index in [1.54, 1.807) is 0 Å². The van der Waals surface area contributed by atoms with Crippen molar-refractivity contribution >= 4 is 34.5 Å². The molecule has 2 aromatic rings. The van der Waals surface area contributed by atoms with Crippen LogP contribution in [0, 0.1) is 0 Å². The number of rotatable bonds is 3. The van der Waals surface area contributed by atoms with Crippen LogP contribution in [0.25, 0.3) is 0 Å². The molecule has 0 N–H and O–H groups in total. The summed E-state index contributed by atoms with van der Waals surface area (Å²) in [7, 11) is 0. The molecule has 1 aromatic heterocycles. The number of halogens is 5. The zero-order chi connectivity index (χ0) is 14.0. The van der Waals surface area contributed by atoms with Gasteiger partial charge in [-0.25, -0.2) is 0 Å². The third kappa shape index (κ3) is 3.52. The molecule has 0 atom stereocenters. The molecule has 19 heavy (non-hydrogen) atoms. The summed E-state index contributed by atoms with van der Waals surface area (Å²) in [4.78, 5) is 4.55. The molecule has 0 unspecified atom stereocenters. The molecule has 102 valence electrons. The maximum absolute atomic E-state index is 12.4. The van der Waals surface area contributed by atoms with Gasteiger partial charge in [-0.1, -0.05) is 22.9 Å². The molecule has 1 aromatic carbocycles. The van der Waals surface area contributed by atoms with Crippen molar-refractivity contribution in [3.05, 3.63) is 39.9 Å². The van der Waals surface area contributed by atoms with E-state index in [1.807, 2.05) is 0 Å². The second-order valence-electron chi connectivity index (χ2n) is 3.45. The lowest BCUT2D eigenvalue weighted by atomic mass is 10.2. The number of hydrogen-bond donors (Lipinski definition) is 0. The first-order valence-electron chi connectivity index (χ1n) is 4.96. The SMILES string of the molecule is FC(F)(F)c1ccc(Oc2nc(Cl)c(CCl)s2)cc1. The molecule has 0 amide bonds. The summed E-state index contributed by atoms with van der Waals surface area (Å²) in [6.45, 7) is 0. The predicted molar refractivity (Wildman–Crippen MR) is 68.2 cm³/mol. The van der Waals surface area contributed by atoms with Gasteiger partial charge in [-0.05, 0) is 24.3 Å². The zero-order valence-corrected chi connectivity index (χ0v) is 11.5. The third-order valence-electron chi connectivity index (χ3n) is 2.14. The number of ether oxygens (including phenoxy) is 1. The summed E-state index contributed by atoms with van der Waals surface area (Å²) in [5.41, 5.74) is -0.738. The maximum atomic E-state index is 12.4. The molecule has 0 fully saturated rings. The third-order valence-corrected chi connectivity index (χ3v) is 3.92. The molecule has 1 heterocycles. The van der Waals surface area contributed by atoms with Gasteiger partial charge >= 0.3 is 6.18 Å². The Hall–Kier alpha value is -0.980. The topological polar surface area (TPSA) is 22.1 Å². The molecule has 2 rings (SSSR count). The van der Waals surface area contributed by atoms with E-state index < -0.39 is 11.7 Å². The molecule has 0 aliphatic heterocycles. The van der Waals surface area contributed by atoms with Gasteiger partial charge in [-0.2, -0.15) is 18.2 Å². The van der Waals surface area contributed by atoms with Crippen molar-refractivity contribution in [3.63, 3.8) is 0 Å². The second kappa shape index (κ2) is 5.56. The van der Waals surface area contributed by atoms with Crippen LogP contribution in [0.15, 0.2) is 24.3 Å². The number of aromatic nitrogens is 1. The number of benzene rings is 1.